The van der Waals surface area contributed by atoms with Crippen molar-refractivity contribution in [3.63, 3.8) is 0 Å². The second-order valence-electron chi connectivity index (χ2n) is 28.7. The van der Waals surface area contributed by atoms with Crippen LogP contribution in [0.15, 0.2) is 141 Å². The molecule has 25 nitrogen and oxygen atoms in total. The molecule has 0 radical (unpaired) electrons. The topological polar surface area (TPSA) is 350 Å². The van der Waals surface area contributed by atoms with Crippen LogP contribution in [0.25, 0.3) is 44.4 Å². The van der Waals surface area contributed by atoms with Crippen LogP contribution in [-0.2, 0) is 54.8 Å². The molecule has 5 aliphatic rings. The molecule has 576 valence electrons. The number of nitrogens with one attached hydrogen (secondary N) is 4. The summed E-state index contributed by atoms with van der Waals surface area (Å²) < 4.78 is 85.5. The lowest BCUT2D eigenvalue weighted by atomic mass is 9.83. The molecule has 0 unspecified atom stereocenters. The van der Waals surface area contributed by atoms with Gasteiger partial charge >= 0.3 is 34.7 Å². The lowest BCUT2D eigenvalue weighted by Crippen LogP contribution is -2.37. The van der Waals surface area contributed by atoms with Crippen molar-refractivity contribution in [1.29, 1.82) is 0 Å². The standard InChI is InChI=1S/2C25H28N2O5.C18H20N2O4.C13H13F3N2O3/c2*28-21-13-19(8-4-7-16-9-10-16)22-23(29)26-25(27-24(22)32-21)31-20-11-18(12-20)15-30-14-17-5-2-1-3-6-17;1-2-3-4-10-23-18-19-16(22)15-13(7-5-6-12-8-9-12)11-14(21)24-17(15)20-18;1-2-8-17-11(20)10-7(4-3-5-13(14,15)16)6-9(19)21-12(10)18-8/h2*1-3,5-6,13,16,18,20H,4,7-12,14-15H2,(H,26,27,29);11-12H,2,5-10H2,1H3,(H,19,20,22);6H,2-5H2,1H3,(H,17,18,20). The Bertz CT molecular complexity index is 5140. The number of hydrogen-bond acceptors (Lipinski definition) is 21. The van der Waals surface area contributed by atoms with E-state index in [2.05, 4.69) is 51.7 Å². The van der Waals surface area contributed by atoms with Gasteiger partial charge in [0.15, 0.2) is 6.61 Å². The van der Waals surface area contributed by atoms with Gasteiger partial charge in [-0.2, -0.15) is 33.1 Å². The maximum atomic E-state index is 12.7. The van der Waals surface area contributed by atoms with Gasteiger partial charge in [0, 0.05) is 43.5 Å². The number of fused-ring (bicyclic) bond motifs is 4. The number of aromatic amines is 4. The molecule has 0 atom stereocenters. The van der Waals surface area contributed by atoms with Crippen LogP contribution < -0.4 is 59.0 Å². The smallest absolute Gasteiger partial charge is 0.389 e. The normalized spacial score (nSPS) is 17.2. The van der Waals surface area contributed by atoms with Crippen molar-refractivity contribution in [1.82, 2.24) is 39.9 Å². The highest BCUT2D eigenvalue weighted by Crippen LogP contribution is 2.37. The van der Waals surface area contributed by atoms with Crippen LogP contribution in [0.5, 0.6) is 18.0 Å². The number of rotatable bonds is 30. The van der Waals surface area contributed by atoms with E-state index < -0.39 is 40.7 Å². The van der Waals surface area contributed by atoms with Crippen LogP contribution in [0.2, 0.25) is 0 Å². The Morgan fingerprint density at radius 1 is 0.450 bits per heavy atom. The van der Waals surface area contributed by atoms with Gasteiger partial charge in [0.1, 0.15) is 39.6 Å². The van der Waals surface area contributed by atoms with E-state index in [1.807, 2.05) is 67.6 Å². The molecule has 10 aromatic rings. The quantitative estimate of drug-likeness (QED) is 0.0304. The molecule has 15 rings (SSSR count). The molecule has 0 aliphatic heterocycles. The SMILES string of the molecule is CCC#CCOc1nc2oc(=O)cc(CCCC3CC3)c2c(=O)[nH]1.CCc1nc2oc(=O)cc(CCCC(F)(F)F)c2c(=O)[nH]1.O=c1cc(CCCC2CC2)c2c(=O)[nH]c(OC3CC(COCc4ccccc4)C3)nc2o1.O=c1cc(CCCC2CC2)c2c(=O)[nH]c(OC3CC(COCc4ccccc4)C3)nc2o1. The van der Waals surface area contributed by atoms with E-state index in [0.29, 0.717) is 103 Å². The van der Waals surface area contributed by atoms with Crippen LogP contribution >= 0.6 is 0 Å². The Kier molecular flexibility index (Phi) is 26.5. The molecule has 5 saturated carbocycles. The highest BCUT2D eigenvalue weighted by Gasteiger charge is 2.34. The Labute approximate surface area is 622 Å². The first-order valence-corrected chi connectivity index (χ1v) is 37.7. The maximum absolute atomic E-state index is 12.7. The maximum Gasteiger partial charge on any atom is 0.389 e. The zero-order chi connectivity index (χ0) is 76.4. The van der Waals surface area contributed by atoms with Gasteiger partial charge < -0.3 is 46.3 Å². The van der Waals surface area contributed by atoms with E-state index in [0.717, 1.165) is 106 Å². The van der Waals surface area contributed by atoms with Crippen molar-refractivity contribution in [2.75, 3.05) is 19.8 Å². The monoisotopic (exact) mass is 1500 g/mol. The third kappa shape index (κ3) is 23.3. The van der Waals surface area contributed by atoms with E-state index >= 15 is 0 Å². The van der Waals surface area contributed by atoms with Crippen molar-refractivity contribution < 1.29 is 54.5 Å². The van der Waals surface area contributed by atoms with Crippen molar-refractivity contribution in [3.8, 4) is 29.9 Å². The second-order valence-corrected chi connectivity index (χ2v) is 28.7. The summed E-state index contributed by atoms with van der Waals surface area (Å²) >= 11 is 0. The molecule has 2 aromatic carbocycles. The van der Waals surface area contributed by atoms with Crippen molar-refractivity contribution in [2.24, 2.45) is 29.6 Å². The molecule has 28 heteroatoms. The zero-order valence-corrected chi connectivity index (χ0v) is 61.0. The number of nitrogens with zero attached hydrogens (tertiary/aromatic N) is 4. The van der Waals surface area contributed by atoms with Crippen molar-refractivity contribution >= 4 is 44.4 Å². The first-order valence-electron chi connectivity index (χ1n) is 37.7. The molecule has 5 aliphatic carbocycles. The van der Waals surface area contributed by atoms with Gasteiger partial charge in [0.05, 0.1) is 26.4 Å². The Morgan fingerprint density at radius 2 is 0.807 bits per heavy atom. The van der Waals surface area contributed by atoms with Crippen LogP contribution in [0.3, 0.4) is 0 Å². The Balaban J connectivity index is 0.000000138. The van der Waals surface area contributed by atoms with Gasteiger partial charge in [-0.25, -0.2) is 19.2 Å². The summed E-state index contributed by atoms with van der Waals surface area (Å²) in [6.07, 6.45) is 15.0. The predicted octanol–water partition coefficient (Wildman–Crippen LogP) is 12.7. The molecular weight excluding hydrogens is 1410 g/mol. The highest BCUT2D eigenvalue weighted by molar-refractivity contribution is 5.78. The van der Waals surface area contributed by atoms with Crippen molar-refractivity contribution in [3.05, 3.63) is 207 Å². The summed E-state index contributed by atoms with van der Waals surface area (Å²) in [5.41, 5.74) is 0.920. The second kappa shape index (κ2) is 37.1. The minimum atomic E-state index is -4.27. The highest BCUT2D eigenvalue weighted by atomic mass is 19.4. The summed E-state index contributed by atoms with van der Waals surface area (Å²) in [4.78, 5) is 124. The van der Waals surface area contributed by atoms with Crippen LogP contribution in [-0.4, -0.2) is 78.1 Å². The summed E-state index contributed by atoms with van der Waals surface area (Å²) in [6.45, 7) is 6.37. The molecule has 0 amide bonds. The fourth-order valence-corrected chi connectivity index (χ4v) is 13.4. The molecule has 4 N–H and O–H groups in total. The summed E-state index contributed by atoms with van der Waals surface area (Å²) in [5, 5.41) is 1.08. The zero-order valence-electron chi connectivity index (χ0n) is 61.0. The van der Waals surface area contributed by atoms with Crippen LogP contribution in [0, 0.1) is 41.4 Å². The summed E-state index contributed by atoms with van der Waals surface area (Å²) in [5.74, 6) is 9.29. The fraction of sp³-hybridized carbons (Fsp3) is 0.481. The van der Waals surface area contributed by atoms with E-state index in [4.69, 9.17) is 41.4 Å². The number of halogens is 3. The average Bonchev–Trinajstić information content (AvgIpc) is 1.77. The molecule has 0 bridgehead atoms. The largest absolute Gasteiger partial charge is 0.461 e. The lowest BCUT2D eigenvalue weighted by Gasteiger charge is -2.34. The summed E-state index contributed by atoms with van der Waals surface area (Å²) in [7, 11) is 0. The van der Waals surface area contributed by atoms with E-state index in [9.17, 15) is 51.5 Å². The third-order valence-electron chi connectivity index (χ3n) is 19.7. The van der Waals surface area contributed by atoms with Gasteiger partial charge in [0.25, 0.3) is 34.3 Å². The fourth-order valence-electron chi connectivity index (χ4n) is 13.4. The molecule has 0 saturated heterocycles. The lowest BCUT2D eigenvalue weighted by molar-refractivity contribution is -0.135. The molecule has 8 heterocycles. The number of benzene rings is 2. The van der Waals surface area contributed by atoms with Gasteiger partial charge in [-0.1, -0.05) is 138 Å². The van der Waals surface area contributed by atoms with Crippen molar-refractivity contribution in [2.45, 2.75) is 200 Å². The first kappa shape index (κ1) is 78.1. The number of alkyl halides is 3. The first-order chi connectivity index (χ1) is 52.7. The number of aryl methyl sites for hydroxylation is 5. The summed E-state index contributed by atoms with van der Waals surface area (Å²) in [6, 6.07) is 25.7. The van der Waals surface area contributed by atoms with Gasteiger partial charge in [-0.15, -0.1) is 5.92 Å². The Hall–Kier alpha value is -10.5. The molecule has 5 fully saturated rings. The molecule has 8 aromatic heterocycles. The molecule has 109 heavy (non-hydrogen) atoms. The van der Waals surface area contributed by atoms with E-state index in [-0.39, 0.29) is 100 Å². The molecule has 0 spiro atoms. The van der Waals surface area contributed by atoms with E-state index in [1.165, 1.54) is 56.7 Å². The number of ether oxygens (including phenoxy) is 5. The molecular formula is C81H89F3N8O17. The number of aromatic nitrogens is 8. The number of H-pyrrole nitrogens is 4. The van der Waals surface area contributed by atoms with Crippen LogP contribution in [0.1, 0.15) is 175 Å². The minimum Gasteiger partial charge on any atom is -0.461 e. The Morgan fingerprint density at radius 3 is 1.17 bits per heavy atom. The van der Waals surface area contributed by atoms with Gasteiger partial charge in [0.2, 0.25) is 22.9 Å². The van der Waals surface area contributed by atoms with Gasteiger partial charge in [-0.3, -0.25) is 34.1 Å². The van der Waals surface area contributed by atoms with Gasteiger partial charge in [-0.05, 0) is 140 Å². The average molecular weight is 1500 g/mol. The predicted molar refractivity (Wildman–Crippen MR) is 399 cm³/mol. The number of hydrogen-bond donors (Lipinski definition) is 4. The van der Waals surface area contributed by atoms with E-state index in [1.54, 1.807) is 6.92 Å². The van der Waals surface area contributed by atoms with Crippen LogP contribution in [0.4, 0.5) is 13.2 Å². The minimum absolute atomic E-state index is 0.0104. The third-order valence-corrected chi connectivity index (χ3v) is 19.7.